The summed E-state index contributed by atoms with van der Waals surface area (Å²) in [4.78, 5) is 34.0. The predicted molar refractivity (Wildman–Crippen MR) is 37.4 cm³/mol. The van der Waals surface area contributed by atoms with E-state index in [1.165, 1.54) is 0 Å². The average molecular weight is 259 g/mol. The Kier molecular flexibility index (Phi) is 21.4. The minimum atomic E-state index is -5.14. The van der Waals surface area contributed by atoms with Crippen molar-refractivity contribution >= 4 is 19.8 Å². The summed E-state index contributed by atoms with van der Waals surface area (Å²) in [6.45, 7) is -0.296. The predicted octanol–water partition coefficient (Wildman–Crippen LogP) is -9.63. The first-order chi connectivity index (χ1) is 5.63. The molecule has 0 fully saturated rings. The number of nitrogens with one attached hydrogen (secondary N) is 2. The van der Waals surface area contributed by atoms with Crippen LogP contribution in [0.4, 0.5) is 0 Å². The largest absolute Gasteiger partial charge is 1.00 e. The number of carboxylic acids is 1. The van der Waals surface area contributed by atoms with Gasteiger partial charge in [-0.05, 0) is 0 Å². The zero-order chi connectivity index (χ0) is 11.1. The number of carbonyl (C=O) groups is 1. The molecular weight excluding hydrogens is 251 g/mol. The van der Waals surface area contributed by atoms with Gasteiger partial charge in [-0.25, -0.2) is 0 Å². The van der Waals surface area contributed by atoms with Crippen LogP contribution in [0.5, 0.6) is 0 Å². The maximum atomic E-state index is 9.69. The fourth-order valence-electron chi connectivity index (χ4n) is 0.171. The first-order valence-corrected chi connectivity index (χ1v) is 4.17. The molecule has 78 valence electrons. The molecule has 0 radical (unpaired) electrons. The van der Waals surface area contributed by atoms with Crippen LogP contribution in [0, 0.1) is 5.41 Å². The number of hydrogen-bond donors (Lipinski definition) is 5. The fourth-order valence-corrected chi connectivity index (χ4v) is 0.171. The molecule has 12 heteroatoms. The molecule has 0 aromatic heterocycles. The average Bonchev–Trinajstić information content (AvgIpc) is 1.79. The van der Waals surface area contributed by atoms with Gasteiger partial charge in [0.15, 0.2) is 5.96 Å². The summed E-state index contributed by atoms with van der Waals surface area (Å²) in [6.07, 6.45) is 0. The number of phosphoric acid groups is 1. The third-order valence-corrected chi connectivity index (χ3v) is 0.430. The summed E-state index contributed by atoms with van der Waals surface area (Å²) in [5.41, 5.74) is 4.75. The Morgan fingerprint density at radius 2 is 1.73 bits per heavy atom. The van der Waals surface area contributed by atoms with Crippen molar-refractivity contribution in [1.82, 2.24) is 5.32 Å². The van der Waals surface area contributed by atoms with E-state index in [0.29, 0.717) is 0 Å². The van der Waals surface area contributed by atoms with Crippen LogP contribution < -0.4 is 80.0 Å². The van der Waals surface area contributed by atoms with Gasteiger partial charge in [-0.3, -0.25) is 10.2 Å². The van der Waals surface area contributed by atoms with E-state index in [1.807, 2.05) is 0 Å². The Morgan fingerprint density at radius 1 is 1.47 bits per heavy atom. The van der Waals surface area contributed by atoms with Gasteiger partial charge in [-0.2, -0.15) is 0 Å². The molecule has 0 spiro atoms. The SMILES string of the molecule is N=C(N)NCC(=O)O.O=P([O-])([O-])O.[Na+].[Na+]. The summed E-state index contributed by atoms with van der Waals surface area (Å²) in [5, 5.41) is 16.5. The molecular formula is C3H8N3Na2O6P. The van der Waals surface area contributed by atoms with E-state index in [0.717, 1.165) is 0 Å². The van der Waals surface area contributed by atoms with Gasteiger partial charge >= 0.3 is 65.1 Å². The minimum Gasteiger partial charge on any atom is -0.790 e. The van der Waals surface area contributed by atoms with Crippen LogP contribution in [0.3, 0.4) is 0 Å². The van der Waals surface area contributed by atoms with E-state index in [9.17, 15) is 4.79 Å². The molecule has 0 bridgehead atoms. The van der Waals surface area contributed by atoms with Crippen molar-refractivity contribution in [1.29, 1.82) is 5.41 Å². The topological polar surface area (TPSA) is 183 Å². The monoisotopic (exact) mass is 259 g/mol. The normalized spacial score (nSPS) is 8.20. The van der Waals surface area contributed by atoms with Crippen LogP contribution in [0.15, 0.2) is 0 Å². The van der Waals surface area contributed by atoms with E-state index in [-0.39, 0.29) is 71.6 Å². The van der Waals surface area contributed by atoms with Crippen LogP contribution in [0.2, 0.25) is 0 Å². The van der Waals surface area contributed by atoms with E-state index < -0.39 is 13.8 Å². The molecule has 0 unspecified atom stereocenters. The number of rotatable bonds is 2. The zero-order valence-corrected chi connectivity index (χ0v) is 13.2. The molecule has 15 heavy (non-hydrogen) atoms. The van der Waals surface area contributed by atoms with Crippen molar-refractivity contribution in [2.75, 3.05) is 6.54 Å². The maximum absolute atomic E-state index is 9.69. The smallest absolute Gasteiger partial charge is 0.790 e. The molecule has 9 nitrogen and oxygen atoms in total. The molecule has 0 aliphatic rings. The summed E-state index contributed by atoms with van der Waals surface area (Å²) >= 11 is 0. The van der Waals surface area contributed by atoms with Crippen LogP contribution >= 0.6 is 7.82 Å². The third-order valence-electron chi connectivity index (χ3n) is 0.430. The standard InChI is InChI=1S/C3H7N3O2.2Na.H3O4P/c4-3(5)6-1-2(7)8;;;1-5(2,3)4/h1H2,(H,7,8)(H4,4,5,6);;;(H3,1,2,3,4)/q;2*+1;/p-2. The molecule has 0 rings (SSSR count). The van der Waals surface area contributed by atoms with Gasteiger partial charge in [0.1, 0.15) is 6.54 Å². The van der Waals surface area contributed by atoms with Crippen LogP contribution in [-0.2, 0) is 9.36 Å². The molecule has 0 aromatic carbocycles. The second-order valence-corrected chi connectivity index (χ2v) is 2.57. The summed E-state index contributed by atoms with van der Waals surface area (Å²) in [6, 6.07) is 0. The quantitative estimate of drug-likeness (QED) is 0.140. The summed E-state index contributed by atoms with van der Waals surface area (Å²) < 4.78 is 8.66. The van der Waals surface area contributed by atoms with Crippen molar-refractivity contribution in [2.45, 2.75) is 0 Å². The Balaban J connectivity index is -0.0000000770. The summed E-state index contributed by atoms with van der Waals surface area (Å²) in [5.74, 6) is -1.35. The van der Waals surface area contributed by atoms with Gasteiger partial charge in [0, 0.05) is 0 Å². The second kappa shape index (κ2) is 12.9. The maximum Gasteiger partial charge on any atom is 1.00 e. The van der Waals surface area contributed by atoms with Crippen molar-refractivity contribution in [3.8, 4) is 0 Å². The molecule has 0 atom stereocenters. The van der Waals surface area contributed by atoms with Gasteiger partial charge in [0.2, 0.25) is 0 Å². The van der Waals surface area contributed by atoms with Gasteiger partial charge in [-0.1, -0.05) is 0 Å². The Morgan fingerprint density at radius 3 is 1.80 bits per heavy atom. The van der Waals surface area contributed by atoms with Crippen molar-refractivity contribution in [3.05, 3.63) is 0 Å². The van der Waals surface area contributed by atoms with E-state index in [1.54, 1.807) is 0 Å². The van der Waals surface area contributed by atoms with E-state index in [4.69, 9.17) is 35.5 Å². The van der Waals surface area contributed by atoms with Crippen LogP contribution in [-0.4, -0.2) is 28.5 Å². The van der Waals surface area contributed by atoms with E-state index >= 15 is 0 Å². The Labute approximate surface area is 130 Å². The number of hydrogen-bond acceptors (Lipinski definition) is 5. The fraction of sp³-hybridized carbons (Fsp3) is 0.333. The van der Waals surface area contributed by atoms with Crippen molar-refractivity contribution < 1.29 is 88.3 Å². The van der Waals surface area contributed by atoms with Gasteiger partial charge in [0.05, 0.1) is 7.82 Å². The van der Waals surface area contributed by atoms with Crippen molar-refractivity contribution in [3.63, 3.8) is 0 Å². The first kappa shape index (κ1) is 24.9. The van der Waals surface area contributed by atoms with Crippen molar-refractivity contribution in [2.24, 2.45) is 5.73 Å². The third kappa shape index (κ3) is 71.7. The number of aliphatic carboxylic acids is 1. The molecule has 0 aromatic rings. The Hall–Kier alpha value is 0.850. The first-order valence-electron chi connectivity index (χ1n) is 2.67. The molecule has 0 saturated carbocycles. The van der Waals surface area contributed by atoms with E-state index in [2.05, 4.69) is 5.32 Å². The number of guanidine groups is 1. The molecule has 0 amide bonds. The molecule has 0 heterocycles. The summed E-state index contributed by atoms with van der Waals surface area (Å²) in [7, 11) is -5.14. The number of nitrogens with two attached hydrogens (primary N) is 1. The zero-order valence-electron chi connectivity index (χ0n) is 8.26. The number of carboxylic acid groups (broad SMARTS) is 1. The molecule has 0 aliphatic heterocycles. The van der Waals surface area contributed by atoms with Crippen LogP contribution in [0.25, 0.3) is 0 Å². The van der Waals surface area contributed by atoms with Gasteiger partial charge < -0.3 is 35.4 Å². The molecule has 0 saturated heterocycles. The van der Waals surface area contributed by atoms with Gasteiger partial charge in [-0.15, -0.1) is 0 Å². The Bertz CT molecular complexity index is 209. The second-order valence-electron chi connectivity index (χ2n) is 1.63. The minimum absolute atomic E-state index is 0. The van der Waals surface area contributed by atoms with Crippen LogP contribution in [0.1, 0.15) is 0 Å². The van der Waals surface area contributed by atoms with Gasteiger partial charge in [0.25, 0.3) is 0 Å². The molecule has 0 aliphatic carbocycles. The molecule has 6 N–H and O–H groups in total.